The maximum atomic E-state index is 9.18. The van der Waals surface area contributed by atoms with Crippen LogP contribution < -0.4 is 5.73 Å². The number of anilines is 1. The maximum absolute atomic E-state index is 9.18. The Bertz CT molecular complexity index is 488. The van der Waals surface area contributed by atoms with Crippen molar-refractivity contribution in [2.24, 2.45) is 0 Å². The molecule has 2 aromatic heterocycles. The number of imidazole rings is 1. The number of nitrogen functional groups attached to an aromatic ring is 1. The predicted molar refractivity (Wildman–Crippen MR) is 59.9 cm³/mol. The summed E-state index contributed by atoms with van der Waals surface area (Å²) in [6, 6.07) is 0. The van der Waals surface area contributed by atoms with E-state index in [1.54, 1.807) is 6.20 Å². The van der Waals surface area contributed by atoms with Crippen LogP contribution in [0.5, 0.6) is 0 Å². The van der Waals surface area contributed by atoms with Crippen LogP contribution >= 0.6 is 11.8 Å². The van der Waals surface area contributed by atoms with Gasteiger partial charge in [-0.1, -0.05) is 11.8 Å². The number of hydrogen-bond donors (Lipinski definition) is 4. The van der Waals surface area contributed by atoms with Crippen LogP contribution in [0.2, 0.25) is 0 Å². The summed E-state index contributed by atoms with van der Waals surface area (Å²) >= 11 is 1.30. The second-order valence-electron chi connectivity index (χ2n) is 3.15. The largest absolute Gasteiger partial charge is 0.394 e. The third-order valence-electron chi connectivity index (χ3n) is 1.86. The van der Waals surface area contributed by atoms with E-state index < -0.39 is 6.10 Å². The van der Waals surface area contributed by atoms with Crippen molar-refractivity contribution in [3.63, 3.8) is 0 Å². The van der Waals surface area contributed by atoms with E-state index in [-0.39, 0.29) is 12.6 Å². The van der Waals surface area contributed by atoms with Crippen LogP contribution in [0.15, 0.2) is 11.4 Å². The van der Waals surface area contributed by atoms with Crippen LogP contribution in [0, 0.1) is 0 Å². The van der Waals surface area contributed by atoms with Gasteiger partial charge in [0, 0.05) is 5.75 Å². The van der Waals surface area contributed by atoms with Crippen molar-refractivity contribution < 1.29 is 10.2 Å². The maximum Gasteiger partial charge on any atom is 0.222 e. The Morgan fingerprint density at radius 3 is 3.06 bits per heavy atom. The molecule has 0 radical (unpaired) electrons. The number of nitrogens with two attached hydrogens (primary N) is 1. The number of thioether (sulfide) groups is 1. The van der Waals surface area contributed by atoms with E-state index in [2.05, 4.69) is 19.9 Å². The van der Waals surface area contributed by atoms with Gasteiger partial charge in [-0.05, 0) is 0 Å². The fourth-order valence-electron chi connectivity index (χ4n) is 1.09. The normalized spacial score (nSPS) is 13.1. The number of nitrogens with one attached hydrogen (secondary N) is 1. The zero-order chi connectivity index (χ0) is 11.5. The monoisotopic (exact) mass is 241 g/mol. The van der Waals surface area contributed by atoms with Gasteiger partial charge < -0.3 is 20.9 Å². The Labute approximate surface area is 95.1 Å². The molecule has 0 aliphatic rings. The minimum atomic E-state index is -0.755. The Hall–Kier alpha value is -1.38. The first-order valence-electron chi connectivity index (χ1n) is 4.59. The molecule has 2 rings (SSSR count). The molecule has 0 amide bonds. The topological polar surface area (TPSA) is 121 Å². The van der Waals surface area contributed by atoms with Crippen LogP contribution in [0.3, 0.4) is 0 Å². The van der Waals surface area contributed by atoms with E-state index in [9.17, 15) is 5.11 Å². The lowest BCUT2D eigenvalue weighted by atomic mass is 10.4. The molecular formula is C8H11N5O2S. The number of fused-ring (bicyclic) bond motifs is 1. The molecule has 16 heavy (non-hydrogen) atoms. The molecule has 5 N–H and O–H groups in total. The summed E-state index contributed by atoms with van der Waals surface area (Å²) < 4.78 is 0. The van der Waals surface area contributed by atoms with Crippen LogP contribution in [0.25, 0.3) is 11.2 Å². The predicted octanol–water partition coefficient (Wildman–Crippen LogP) is -0.620. The van der Waals surface area contributed by atoms with E-state index in [4.69, 9.17) is 10.8 Å². The van der Waals surface area contributed by atoms with Crippen molar-refractivity contribution in [1.82, 2.24) is 19.9 Å². The molecule has 86 valence electrons. The first-order valence-corrected chi connectivity index (χ1v) is 5.57. The van der Waals surface area contributed by atoms with Gasteiger partial charge in [-0.25, -0.2) is 9.97 Å². The number of aliphatic hydroxyl groups excluding tert-OH is 2. The van der Waals surface area contributed by atoms with Crippen LogP contribution in [0.4, 0.5) is 5.95 Å². The molecule has 0 saturated carbocycles. The molecule has 2 heterocycles. The van der Waals surface area contributed by atoms with Crippen LogP contribution in [-0.2, 0) is 0 Å². The van der Waals surface area contributed by atoms with Gasteiger partial charge in [-0.15, -0.1) is 0 Å². The highest BCUT2D eigenvalue weighted by molar-refractivity contribution is 7.99. The van der Waals surface area contributed by atoms with Gasteiger partial charge in [0.2, 0.25) is 5.95 Å². The second-order valence-corrected chi connectivity index (χ2v) is 4.16. The second kappa shape index (κ2) is 4.64. The summed E-state index contributed by atoms with van der Waals surface area (Å²) in [7, 11) is 0. The Balaban J connectivity index is 2.13. The summed E-state index contributed by atoms with van der Waals surface area (Å²) in [6.45, 7) is -0.264. The molecular weight excluding hydrogens is 230 g/mol. The van der Waals surface area contributed by atoms with Gasteiger partial charge in [-0.2, -0.15) is 4.98 Å². The summed E-state index contributed by atoms with van der Waals surface area (Å²) in [5.41, 5.74) is 6.60. The molecule has 0 fully saturated rings. The lowest BCUT2D eigenvalue weighted by Crippen LogP contribution is -2.14. The molecule has 0 aliphatic carbocycles. The average Bonchev–Trinajstić information content (AvgIpc) is 2.67. The smallest absolute Gasteiger partial charge is 0.222 e. The quantitative estimate of drug-likeness (QED) is 0.526. The Morgan fingerprint density at radius 2 is 2.31 bits per heavy atom. The first-order chi connectivity index (χ1) is 7.69. The minimum absolute atomic E-state index is 0.172. The van der Waals surface area contributed by atoms with Crippen molar-refractivity contribution in [2.75, 3.05) is 18.1 Å². The average molecular weight is 241 g/mol. The first kappa shape index (κ1) is 11.1. The number of rotatable bonds is 4. The highest BCUT2D eigenvalue weighted by atomic mass is 32.2. The highest BCUT2D eigenvalue weighted by Crippen LogP contribution is 2.18. The zero-order valence-corrected chi connectivity index (χ0v) is 9.11. The molecule has 8 heteroatoms. The lowest BCUT2D eigenvalue weighted by Gasteiger charge is -2.03. The third kappa shape index (κ3) is 2.40. The van der Waals surface area contributed by atoms with Crippen LogP contribution in [-0.4, -0.2) is 48.6 Å². The van der Waals surface area contributed by atoms with Crippen LogP contribution in [0.1, 0.15) is 0 Å². The van der Waals surface area contributed by atoms with Crippen molar-refractivity contribution in [2.45, 2.75) is 11.3 Å². The molecule has 0 spiro atoms. The van der Waals surface area contributed by atoms with Gasteiger partial charge in [0.25, 0.3) is 0 Å². The standard InChI is InChI=1S/C8H11N5O2S/c9-7-10-1-5-6(12-7)13-8(11-5)16-3-4(15)2-14/h1,4,14-15H,2-3H2,(H3,9,10,11,12,13). The van der Waals surface area contributed by atoms with Gasteiger partial charge in [0.1, 0.15) is 5.52 Å². The summed E-state index contributed by atoms with van der Waals surface area (Å²) in [4.78, 5) is 14.9. The van der Waals surface area contributed by atoms with E-state index in [0.717, 1.165) is 0 Å². The van der Waals surface area contributed by atoms with Gasteiger partial charge in [-0.3, -0.25) is 0 Å². The molecule has 1 atom stereocenters. The SMILES string of the molecule is Nc1ncc2[nH]c(SCC(O)CO)nc2n1. The van der Waals surface area contributed by atoms with Crippen molar-refractivity contribution >= 4 is 28.9 Å². The lowest BCUT2D eigenvalue weighted by molar-refractivity contribution is 0.113. The van der Waals surface area contributed by atoms with E-state index in [0.29, 0.717) is 22.1 Å². The number of hydrogen-bond acceptors (Lipinski definition) is 7. The molecule has 1 unspecified atom stereocenters. The fourth-order valence-corrected chi connectivity index (χ4v) is 1.88. The van der Waals surface area contributed by atoms with Crippen molar-refractivity contribution in [3.05, 3.63) is 6.20 Å². The number of aromatic amines is 1. The third-order valence-corrected chi connectivity index (χ3v) is 2.88. The summed E-state index contributed by atoms with van der Waals surface area (Å²) in [6.07, 6.45) is 0.798. The van der Waals surface area contributed by atoms with E-state index >= 15 is 0 Å². The number of H-pyrrole nitrogens is 1. The molecule has 7 nitrogen and oxygen atoms in total. The number of nitrogens with zero attached hydrogens (tertiary/aromatic N) is 3. The van der Waals surface area contributed by atoms with Crippen molar-refractivity contribution in [1.29, 1.82) is 0 Å². The molecule has 0 aliphatic heterocycles. The van der Waals surface area contributed by atoms with Crippen molar-refractivity contribution in [3.8, 4) is 0 Å². The van der Waals surface area contributed by atoms with Gasteiger partial charge >= 0.3 is 0 Å². The number of aromatic nitrogens is 4. The molecule has 0 saturated heterocycles. The van der Waals surface area contributed by atoms with Gasteiger partial charge in [0.15, 0.2) is 10.8 Å². The minimum Gasteiger partial charge on any atom is -0.394 e. The number of aliphatic hydroxyl groups is 2. The molecule has 0 bridgehead atoms. The summed E-state index contributed by atoms with van der Waals surface area (Å²) in [5.74, 6) is 0.533. The molecule has 2 aromatic rings. The van der Waals surface area contributed by atoms with Gasteiger partial charge in [0.05, 0.1) is 18.9 Å². The fraction of sp³-hybridized carbons (Fsp3) is 0.375. The van der Waals surface area contributed by atoms with E-state index in [1.807, 2.05) is 0 Å². The Kier molecular flexibility index (Phi) is 3.22. The molecule has 0 aromatic carbocycles. The Morgan fingerprint density at radius 1 is 1.50 bits per heavy atom. The van der Waals surface area contributed by atoms with E-state index in [1.165, 1.54) is 11.8 Å². The highest BCUT2D eigenvalue weighted by Gasteiger charge is 2.08. The summed E-state index contributed by atoms with van der Waals surface area (Å²) in [5, 5.41) is 18.4. The zero-order valence-electron chi connectivity index (χ0n) is 8.29.